The van der Waals surface area contributed by atoms with Crippen LogP contribution in [0.1, 0.15) is 35.8 Å². The lowest BCUT2D eigenvalue weighted by Crippen LogP contribution is -2.23. The summed E-state index contributed by atoms with van der Waals surface area (Å²) in [4.78, 5) is 23.6. The van der Waals surface area contributed by atoms with E-state index in [1.807, 2.05) is 36.4 Å². The zero-order chi connectivity index (χ0) is 22.2. The Morgan fingerprint density at radius 2 is 1.68 bits per heavy atom. The van der Waals surface area contributed by atoms with E-state index in [9.17, 15) is 24.9 Å². The number of anilines is 1. The molecule has 3 aromatic rings. The van der Waals surface area contributed by atoms with E-state index in [0.29, 0.717) is 12.2 Å². The van der Waals surface area contributed by atoms with Gasteiger partial charge in [-0.2, -0.15) is 0 Å². The number of aliphatic carboxylic acids is 2. The van der Waals surface area contributed by atoms with Crippen molar-refractivity contribution in [3.8, 4) is 0 Å². The first-order valence-corrected chi connectivity index (χ1v) is 9.93. The van der Waals surface area contributed by atoms with Crippen molar-refractivity contribution in [3.63, 3.8) is 0 Å². The van der Waals surface area contributed by atoms with E-state index in [-0.39, 0.29) is 0 Å². The van der Waals surface area contributed by atoms with Crippen LogP contribution in [0.4, 0.5) is 5.69 Å². The molecule has 160 valence electrons. The maximum absolute atomic E-state index is 10.5. The molecule has 0 aliphatic heterocycles. The Balaban J connectivity index is 0.000000293. The Morgan fingerprint density at radius 1 is 1.03 bits per heavy atom. The molecule has 0 bridgehead atoms. The number of nitrogens with zero attached hydrogens (tertiary/aromatic N) is 1. The topological polar surface area (TPSA) is 125 Å². The molecule has 7 nitrogen and oxygen atoms in total. The Kier molecular flexibility index (Phi) is 7.35. The fourth-order valence-corrected chi connectivity index (χ4v) is 3.55. The third-order valence-electron chi connectivity index (χ3n) is 4.90. The lowest BCUT2D eigenvalue weighted by Gasteiger charge is -2.25. The van der Waals surface area contributed by atoms with Gasteiger partial charge in [0.2, 0.25) is 0 Å². The van der Waals surface area contributed by atoms with Gasteiger partial charge in [0.25, 0.3) is 0 Å². The highest BCUT2D eigenvalue weighted by atomic mass is 16.4. The molecule has 0 amide bonds. The number of pyridine rings is 1. The molecule has 1 unspecified atom stereocenters. The minimum absolute atomic E-state index is 0.384. The number of carboxylic acid groups (broad SMARTS) is 2. The number of fused-ring (bicyclic) bond motifs is 2. The predicted octanol–water partition coefficient (Wildman–Crippen LogP) is 1.26. The summed E-state index contributed by atoms with van der Waals surface area (Å²) in [6.45, 7) is 0.744. The van der Waals surface area contributed by atoms with Crippen LogP contribution in [0.15, 0.2) is 66.7 Å². The summed E-state index contributed by atoms with van der Waals surface area (Å²) in [7, 11) is 0. The van der Waals surface area contributed by atoms with Gasteiger partial charge in [-0.1, -0.05) is 48.5 Å². The molecule has 0 radical (unpaired) electrons. The molecule has 0 fully saturated rings. The van der Waals surface area contributed by atoms with Crippen LogP contribution in [0.2, 0.25) is 0 Å². The summed E-state index contributed by atoms with van der Waals surface area (Å²) in [5.74, 6) is -3.09. The van der Waals surface area contributed by atoms with E-state index in [4.69, 9.17) is 4.98 Å². The fraction of sp³-hybridized carbons (Fsp3) is 0.208. The van der Waals surface area contributed by atoms with Crippen molar-refractivity contribution < 1.29 is 24.9 Å². The number of aliphatic hydroxyl groups excluding tert-OH is 1. The Bertz CT molecular complexity index is 1080. The summed E-state index contributed by atoms with van der Waals surface area (Å²) in [6.07, 6.45) is 3.10. The average molecular weight is 418 g/mol. The smallest absolute Gasteiger partial charge is 0.0828 e. The van der Waals surface area contributed by atoms with Crippen LogP contribution in [0.25, 0.3) is 10.9 Å². The number of hydrogen-bond donors (Lipinski definition) is 2. The Hall–Kier alpha value is -3.71. The van der Waals surface area contributed by atoms with Gasteiger partial charge < -0.3 is 30.2 Å². The Labute approximate surface area is 179 Å². The maximum atomic E-state index is 10.5. The molecule has 1 aliphatic rings. The van der Waals surface area contributed by atoms with Crippen LogP contribution < -0.4 is 15.5 Å². The monoisotopic (exact) mass is 418 g/mol. The zero-order valence-electron chi connectivity index (χ0n) is 16.8. The molecular weight excluding hydrogens is 396 g/mol. The number of para-hydroxylation sites is 1. The van der Waals surface area contributed by atoms with Crippen molar-refractivity contribution in [2.45, 2.75) is 31.9 Å². The SMILES string of the molecule is O=C([O-])/C=C\C(=O)[O-].OC1CCCc2nc3ccccc3c(NCc3ccccc3)c21. The lowest BCUT2D eigenvalue weighted by atomic mass is 9.90. The van der Waals surface area contributed by atoms with E-state index >= 15 is 0 Å². The highest BCUT2D eigenvalue weighted by Gasteiger charge is 2.24. The summed E-state index contributed by atoms with van der Waals surface area (Å²) in [6, 6.07) is 18.5. The highest BCUT2D eigenvalue weighted by Crippen LogP contribution is 2.38. The number of aliphatic hydroxyl groups is 1. The second-order valence-corrected chi connectivity index (χ2v) is 7.08. The molecule has 0 saturated heterocycles. The van der Waals surface area contributed by atoms with Crippen LogP contribution >= 0.6 is 0 Å². The number of nitrogens with one attached hydrogen (secondary N) is 1. The van der Waals surface area contributed by atoms with Crippen molar-refractivity contribution in [1.82, 2.24) is 4.98 Å². The van der Waals surface area contributed by atoms with Gasteiger partial charge >= 0.3 is 0 Å². The largest absolute Gasteiger partial charge is 0.545 e. The van der Waals surface area contributed by atoms with Gasteiger partial charge in [-0.25, -0.2) is 0 Å². The number of rotatable bonds is 5. The number of carbonyl (C=O) groups excluding carboxylic acids is 2. The summed E-state index contributed by atoms with van der Waals surface area (Å²) in [5.41, 5.74) is 5.30. The minimum atomic E-state index is -1.55. The van der Waals surface area contributed by atoms with Crippen LogP contribution in [-0.4, -0.2) is 22.0 Å². The third kappa shape index (κ3) is 5.90. The lowest BCUT2D eigenvalue weighted by molar-refractivity contribution is -0.301. The van der Waals surface area contributed by atoms with E-state index < -0.39 is 18.0 Å². The van der Waals surface area contributed by atoms with E-state index in [1.165, 1.54) is 5.56 Å². The molecular formula is C24H22N2O5-2. The number of benzene rings is 2. The van der Waals surface area contributed by atoms with Crippen LogP contribution in [0, 0.1) is 0 Å². The summed E-state index contributed by atoms with van der Waals surface area (Å²) < 4.78 is 0. The predicted molar refractivity (Wildman–Crippen MR) is 113 cm³/mol. The molecule has 2 aromatic carbocycles. The first-order valence-electron chi connectivity index (χ1n) is 9.93. The van der Waals surface area contributed by atoms with Gasteiger partial charge in [-0.3, -0.25) is 4.98 Å². The number of carboxylic acids is 2. The quantitative estimate of drug-likeness (QED) is 0.598. The Morgan fingerprint density at radius 3 is 2.35 bits per heavy atom. The fourth-order valence-electron chi connectivity index (χ4n) is 3.55. The van der Waals surface area contributed by atoms with E-state index in [0.717, 1.165) is 53.7 Å². The van der Waals surface area contributed by atoms with Gasteiger partial charge in [-0.05, 0) is 43.0 Å². The minimum Gasteiger partial charge on any atom is -0.545 e. The van der Waals surface area contributed by atoms with Gasteiger partial charge in [-0.15, -0.1) is 0 Å². The average Bonchev–Trinajstić information content (AvgIpc) is 2.76. The zero-order valence-corrected chi connectivity index (χ0v) is 16.8. The highest BCUT2D eigenvalue weighted by molar-refractivity contribution is 5.93. The number of hydrogen-bond acceptors (Lipinski definition) is 7. The standard InChI is InChI=1S/C20H20N2O.C4H4O4/c23-18-12-6-11-17-19(18)20(15-9-4-5-10-16(15)22-17)21-13-14-7-2-1-3-8-14;5-3(6)1-2-4(7)8/h1-5,7-10,18,23H,6,11-13H2,(H,21,22);1-2H,(H,5,6)(H,7,8)/p-2/b;2-1-. The molecule has 1 atom stereocenters. The van der Waals surface area contributed by atoms with Crippen LogP contribution in [0.3, 0.4) is 0 Å². The molecule has 4 rings (SSSR count). The van der Waals surface area contributed by atoms with E-state index in [1.54, 1.807) is 0 Å². The van der Waals surface area contributed by atoms with Crippen molar-refractivity contribution in [2.75, 3.05) is 5.32 Å². The molecule has 2 N–H and O–H groups in total. The first-order chi connectivity index (χ1) is 15.0. The van der Waals surface area contributed by atoms with Crippen molar-refractivity contribution in [3.05, 3.63) is 83.6 Å². The van der Waals surface area contributed by atoms with Crippen molar-refractivity contribution >= 4 is 28.5 Å². The van der Waals surface area contributed by atoms with Crippen molar-refractivity contribution in [2.24, 2.45) is 0 Å². The second kappa shape index (κ2) is 10.4. The van der Waals surface area contributed by atoms with Gasteiger partial charge in [0, 0.05) is 23.2 Å². The van der Waals surface area contributed by atoms with Gasteiger partial charge in [0.05, 0.1) is 29.2 Å². The number of aryl methyl sites for hydroxylation is 1. The first kappa shape index (κ1) is 22.0. The molecule has 1 aliphatic carbocycles. The molecule has 0 spiro atoms. The number of aromatic nitrogens is 1. The third-order valence-corrected chi connectivity index (χ3v) is 4.90. The second-order valence-electron chi connectivity index (χ2n) is 7.08. The van der Waals surface area contributed by atoms with Gasteiger partial charge in [0.1, 0.15) is 0 Å². The van der Waals surface area contributed by atoms with Crippen LogP contribution in [-0.2, 0) is 22.6 Å². The molecule has 7 heteroatoms. The molecule has 1 aromatic heterocycles. The number of carbonyl (C=O) groups is 2. The summed E-state index contributed by atoms with van der Waals surface area (Å²) in [5, 5.41) is 34.0. The maximum Gasteiger partial charge on any atom is 0.0828 e. The van der Waals surface area contributed by atoms with E-state index in [2.05, 4.69) is 23.5 Å². The molecule has 1 heterocycles. The molecule has 0 saturated carbocycles. The van der Waals surface area contributed by atoms with Crippen molar-refractivity contribution in [1.29, 1.82) is 0 Å². The normalized spacial score (nSPS) is 15.1. The van der Waals surface area contributed by atoms with Gasteiger partial charge in [0.15, 0.2) is 0 Å². The van der Waals surface area contributed by atoms with Crippen LogP contribution in [0.5, 0.6) is 0 Å². The summed E-state index contributed by atoms with van der Waals surface area (Å²) >= 11 is 0. The molecule has 31 heavy (non-hydrogen) atoms.